The summed E-state index contributed by atoms with van der Waals surface area (Å²) in [6, 6.07) is 5.91. The summed E-state index contributed by atoms with van der Waals surface area (Å²) in [5.41, 5.74) is 0.424. The van der Waals surface area contributed by atoms with Gasteiger partial charge in [-0.1, -0.05) is 30.2 Å². The molecule has 0 saturated heterocycles. The van der Waals surface area contributed by atoms with Gasteiger partial charge in [-0.15, -0.1) is 0 Å². The van der Waals surface area contributed by atoms with Crippen LogP contribution < -0.4 is 5.32 Å². The summed E-state index contributed by atoms with van der Waals surface area (Å²) in [6.45, 7) is 0.589. The number of rotatable bonds is 7. The van der Waals surface area contributed by atoms with Crippen molar-refractivity contribution in [2.75, 3.05) is 34.8 Å². The van der Waals surface area contributed by atoms with Crippen molar-refractivity contribution in [1.82, 2.24) is 14.7 Å². The van der Waals surface area contributed by atoms with Gasteiger partial charge in [0.25, 0.3) is 15.9 Å². The lowest BCUT2D eigenvalue weighted by Crippen LogP contribution is -2.52. The fraction of sp³-hybridized carbons (Fsp3) is 0.632. The summed E-state index contributed by atoms with van der Waals surface area (Å²) < 4.78 is 25.2. The molecule has 0 aromatic heterocycles. The molecule has 0 atom stereocenters. The van der Waals surface area contributed by atoms with Crippen LogP contribution >= 0.6 is 0 Å². The number of hydrogen-bond donors (Lipinski definition) is 1. The Morgan fingerprint density at radius 2 is 1.63 bits per heavy atom. The molecule has 1 N–H and O–H groups in total. The molecule has 1 fully saturated rings. The molecule has 0 spiro atoms. The third-order valence-corrected chi connectivity index (χ3v) is 7.26. The molecule has 8 heteroatoms. The largest absolute Gasteiger partial charge is 0.350 e. The third-order valence-electron chi connectivity index (χ3n) is 5.57. The molecule has 152 valence electrons. The summed E-state index contributed by atoms with van der Waals surface area (Å²) in [6.07, 6.45) is 6.98. The second-order valence-corrected chi connectivity index (χ2v) is 9.27. The van der Waals surface area contributed by atoms with Crippen molar-refractivity contribution in [1.29, 1.82) is 0 Å². The van der Waals surface area contributed by atoms with Gasteiger partial charge in [0.05, 0.1) is 12.0 Å². The van der Waals surface area contributed by atoms with Gasteiger partial charge in [0, 0.05) is 24.7 Å². The van der Waals surface area contributed by atoms with Crippen LogP contribution in [0, 0.1) is 0 Å². The molecular formula is C19H31N3O4S. The monoisotopic (exact) mass is 397 g/mol. The van der Waals surface area contributed by atoms with Gasteiger partial charge in [0.1, 0.15) is 0 Å². The van der Waals surface area contributed by atoms with Crippen LogP contribution in [0.2, 0.25) is 0 Å². The fourth-order valence-corrected chi connectivity index (χ4v) is 4.51. The predicted octanol–water partition coefficient (Wildman–Crippen LogP) is 2.25. The normalized spacial score (nSPS) is 17.7. The maximum atomic E-state index is 12.6. The van der Waals surface area contributed by atoms with Crippen LogP contribution in [0.5, 0.6) is 0 Å². The molecule has 0 heterocycles. The maximum Gasteiger partial charge on any atom is 0.264 e. The summed E-state index contributed by atoms with van der Waals surface area (Å²) in [7, 11) is 3.04. The summed E-state index contributed by atoms with van der Waals surface area (Å²) in [5, 5.41) is 3.05. The SMILES string of the molecule is CON(C)S(=O)(=O)c1ccc(C(=O)NCC2(N(C)C)CCCCCC2)cc1. The number of hydrogen-bond acceptors (Lipinski definition) is 5. The lowest BCUT2D eigenvalue weighted by Gasteiger charge is -2.39. The standard InChI is InChI=1S/C19H31N3O4S/c1-21(2)19(13-7-5-6-8-14-19)15-20-18(23)16-9-11-17(12-10-16)27(24,25)22(3)26-4/h9-12H,5-8,13-15H2,1-4H3,(H,20,23). The Kier molecular flexibility index (Phi) is 7.39. The van der Waals surface area contributed by atoms with Crippen molar-refractivity contribution in [3.05, 3.63) is 29.8 Å². The van der Waals surface area contributed by atoms with Crippen LogP contribution in [0.1, 0.15) is 48.9 Å². The molecule has 1 amide bonds. The first-order valence-corrected chi connectivity index (χ1v) is 10.8. The molecule has 1 saturated carbocycles. The van der Waals surface area contributed by atoms with Gasteiger partial charge >= 0.3 is 0 Å². The molecule has 27 heavy (non-hydrogen) atoms. The highest BCUT2D eigenvalue weighted by Crippen LogP contribution is 2.30. The van der Waals surface area contributed by atoms with E-state index in [0.717, 1.165) is 17.3 Å². The predicted molar refractivity (Wildman–Crippen MR) is 105 cm³/mol. The number of carbonyl (C=O) groups is 1. The molecule has 1 aromatic rings. The Bertz CT molecular complexity index is 724. The minimum absolute atomic E-state index is 0.0172. The Balaban J connectivity index is 2.07. The van der Waals surface area contributed by atoms with E-state index >= 15 is 0 Å². The molecule has 1 aliphatic rings. The minimum atomic E-state index is -3.71. The smallest absolute Gasteiger partial charge is 0.264 e. The molecule has 1 aliphatic carbocycles. The number of amides is 1. The van der Waals surface area contributed by atoms with E-state index in [9.17, 15) is 13.2 Å². The number of hydroxylamine groups is 1. The first kappa shape index (κ1) is 21.8. The van der Waals surface area contributed by atoms with Crippen LogP contribution in [0.4, 0.5) is 0 Å². The van der Waals surface area contributed by atoms with E-state index in [2.05, 4.69) is 24.3 Å². The van der Waals surface area contributed by atoms with Gasteiger partial charge in [-0.2, -0.15) is 0 Å². The first-order chi connectivity index (χ1) is 12.7. The maximum absolute atomic E-state index is 12.6. The second kappa shape index (κ2) is 9.14. The quantitative estimate of drug-likeness (QED) is 0.564. The average molecular weight is 398 g/mol. The molecule has 7 nitrogen and oxygen atoms in total. The van der Waals surface area contributed by atoms with Crippen LogP contribution in [0.3, 0.4) is 0 Å². The molecule has 0 radical (unpaired) electrons. The molecule has 2 rings (SSSR count). The zero-order valence-electron chi connectivity index (χ0n) is 16.7. The van der Waals surface area contributed by atoms with Crippen molar-refractivity contribution < 1.29 is 18.0 Å². The number of nitrogens with zero attached hydrogens (tertiary/aromatic N) is 2. The first-order valence-electron chi connectivity index (χ1n) is 9.32. The zero-order chi connectivity index (χ0) is 20.1. The number of carbonyl (C=O) groups excluding carboxylic acids is 1. The van der Waals surface area contributed by atoms with E-state index in [1.165, 1.54) is 64.1 Å². The summed E-state index contributed by atoms with van der Waals surface area (Å²) in [5.74, 6) is -0.190. The number of benzene rings is 1. The van der Waals surface area contributed by atoms with Crippen LogP contribution in [-0.2, 0) is 14.9 Å². The highest BCUT2D eigenvalue weighted by Gasteiger charge is 2.33. The lowest BCUT2D eigenvalue weighted by atomic mass is 9.88. The van der Waals surface area contributed by atoms with E-state index < -0.39 is 10.0 Å². The van der Waals surface area contributed by atoms with E-state index in [1.807, 2.05) is 0 Å². The number of nitrogens with one attached hydrogen (secondary N) is 1. The second-order valence-electron chi connectivity index (χ2n) is 7.34. The van der Waals surface area contributed by atoms with Crippen molar-refractivity contribution in [3.63, 3.8) is 0 Å². The van der Waals surface area contributed by atoms with Crippen molar-refractivity contribution in [3.8, 4) is 0 Å². The van der Waals surface area contributed by atoms with Gasteiger partial charge in [0.15, 0.2) is 0 Å². The molecule has 1 aromatic carbocycles. The Morgan fingerprint density at radius 1 is 1.07 bits per heavy atom. The topological polar surface area (TPSA) is 78.9 Å². The van der Waals surface area contributed by atoms with E-state index in [1.54, 1.807) is 0 Å². The van der Waals surface area contributed by atoms with Crippen LogP contribution in [0.15, 0.2) is 29.2 Å². The van der Waals surface area contributed by atoms with Gasteiger partial charge in [-0.3, -0.25) is 9.63 Å². The summed E-state index contributed by atoms with van der Waals surface area (Å²) >= 11 is 0. The summed E-state index contributed by atoms with van der Waals surface area (Å²) in [4.78, 5) is 19.6. The van der Waals surface area contributed by atoms with Crippen LogP contribution in [-0.4, -0.2) is 64.0 Å². The minimum Gasteiger partial charge on any atom is -0.350 e. The lowest BCUT2D eigenvalue weighted by molar-refractivity contribution is -0.0258. The number of likely N-dealkylation sites (N-methyl/N-ethyl adjacent to an activating group) is 1. The van der Waals surface area contributed by atoms with Crippen LogP contribution in [0.25, 0.3) is 0 Å². The third kappa shape index (κ3) is 5.07. The molecule has 0 unspecified atom stereocenters. The average Bonchev–Trinajstić information content (AvgIpc) is 2.92. The Hall–Kier alpha value is -1.48. The highest BCUT2D eigenvalue weighted by atomic mass is 32.2. The van der Waals surface area contributed by atoms with Gasteiger partial charge in [-0.05, 0) is 51.2 Å². The van der Waals surface area contributed by atoms with Crippen molar-refractivity contribution in [2.45, 2.75) is 49.0 Å². The Morgan fingerprint density at radius 3 is 2.11 bits per heavy atom. The highest BCUT2D eigenvalue weighted by molar-refractivity contribution is 7.89. The molecule has 0 bridgehead atoms. The van der Waals surface area contributed by atoms with Crippen molar-refractivity contribution in [2.24, 2.45) is 0 Å². The van der Waals surface area contributed by atoms with E-state index in [4.69, 9.17) is 4.84 Å². The molecular weight excluding hydrogens is 366 g/mol. The van der Waals surface area contributed by atoms with Gasteiger partial charge < -0.3 is 10.2 Å². The number of sulfonamides is 1. The van der Waals surface area contributed by atoms with Gasteiger partial charge in [0.2, 0.25) is 0 Å². The van der Waals surface area contributed by atoms with Gasteiger partial charge in [-0.25, -0.2) is 8.42 Å². The molecule has 0 aliphatic heterocycles. The van der Waals surface area contributed by atoms with E-state index in [-0.39, 0.29) is 16.3 Å². The zero-order valence-corrected chi connectivity index (χ0v) is 17.5. The van der Waals surface area contributed by atoms with E-state index in [0.29, 0.717) is 12.1 Å². The fourth-order valence-electron chi connectivity index (χ4n) is 3.54. The van der Waals surface area contributed by atoms with Crippen molar-refractivity contribution >= 4 is 15.9 Å². The Labute approximate surface area is 162 Å².